The molecular weight excluding hydrogens is 316 g/mol. The van der Waals surface area contributed by atoms with Gasteiger partial charge in [-0.05, 0) is 17.7 Å². The third kappa shape index (κ3) is 2.48. The van der Waals surface area contributed by atoms with Crippen LogP contribution in [-0.2, 0) is 0 Å². The summed E-state index contributed by atoms with van der Waals surface area (Å²) in [6.07, 6.45) is -2.52. The molecule has 24 heavy (non-hydrogen) atoms. The number of Topliss-reactive ketones (excluding diaryl/α,β-unsaturated/α-hetero) is 1. The maximum Gasteiger partial charge on any atom is 0.202 e. The van der Waals surface area contributed by atoms with Gasteiger partial charge in [0.05, 0.1) is 14.2 Å². The van der Waals surface area contributed by atoms with Gasteiger partial charge in [0.25, 0.3) is 0 Å². The highest BCUT2D eigenvalue weighted by Gasteiger charge is 2.39. The van der Waals surface area contributed by atoms with E-state index in [0.29, 0.717) is 11.3 Å². The SMILES string of the molecule is COc1cc(OC)c2c(c1)O[C@@H](c1ccc(O)c(O)c1)[C@H](O)C2=O. The Bertz CT molecular complexity index is 800. The van der Waals surface area contributed by atoms with E-state index in [1.165, 1.54) is 44.6 Å². The van der Waals surface area contributed by atoms with Crippen molar-refractivity contribution in [3.8, 4) is 28.7 Å². The third-order valence-corrected chi connectivity index (χ3v) is 3.88. The number of carbonyl (C=O) groups excluding carboxylic acids is 1. The number of aromatic hydroxyl groups is 2. The zero-order valence-corrected chi connectivity index (χ0v) is 13.0. The van der Waals surface area contributed by atoms with Gasteiger partial charge in [0.15, 0.2) is 23.7 Å². The fourth-order valence-electron chi connectivity index (χ4n) is 2.63. The summed E-state index contributed by atoms with van der Waals surface area (Å²) in [5, 5.41) is 29.4. The molecule has 2 aromatic rings. The first-order valence-electron chi connectivity index (χ1n) is 7.13. The molecule has 126 valence electrons. The first kappa shape index (κ1) is 15.9. The monoisotopic (exact) mass is 332 g/mol. The van der Waals surface area contributed by atoms with Gasteiger partial charge in [0.1, 0.15) is 22.8 Å². The Kier molecular flexibility index (Phi) is 3.94. The van der Waals surface area contributed by atoms with Crippen molar-refractivity contribution < 1.29 is 34.3 Å². The Morgan fingerprint density at radius 3 is 2.42 bits per heavy atom. The molecule has 2 aromatic carbocycles. The highest BCUT2D eigenvalue weighted by molar-refractivity contribution is 6.05. The molecule has 1 aliphatic heterocycles. The van der Waals surface area contributed by atoms with Gasteiger partial charge in [0.2, 0.25) is 5.78 Å². The molecule has 0 radical (unpaired) electrons. The zero-order valence-electron chi connectivity index (χ0n) is 13.0. The number of fused-ring (bicyclic) bond motifs is 1. The number of carbonyl (C=O) groups is 1. The molecule has 0 aromatic heterocycles. The zero-order chi connectivity index (χ0) is 17.4. The normalized spacial score (nSPS) is 19.4. The molecule has 0 amide bonds. The molecule has 1 heterocycles. The first-order chi connectivity index (χ1) is 11.5. The molecule has 3 N–H and O–H groups in total. The second-order valence-electron chi connectivity index (χ2n) is 5.30. The quantitative estimate of drug-likeness (QED) is 0.736. The van der Waals surface area contributed by atoms with Crippen LogP contribution in [0.5, 0.6) is 28.7 Å². The standard InChI is InChI=1S/C17H16O7/c1-22-9-6-12(23-2)14-13(7-9)24-17(16(21)15(14)20)8-3-4-10(18)11(19)5-8/h3-7,16-19,21H,1-2H3/t16-,17+/m1/s1. The van der Waals surface area contributed by atoms with Gasteiger partial charge in [-0.1, -0.05) is 6.07 Å². The number of rotatable bonds is 3. The largest absolute Gasteiger partial charge is 0.504 e. The minimum Gasteiger partial charge on any atom is -0.504 e. The number of hydrogen-bond donors (Lipinski definition) is 3. The lowest BCUT2D eigenvalue weighted by Gasteiger charge is -2.31. The fraction of sp³-hybridized carbons (Fsp3) is 0.235. The molecule has 3 rings (SSSR count). The van der Waals surface area contributed by atoms with Crippen LogP contribution in [0.15, 0.2) is 30.3 Å². The highest BCUT2D eigenvalue weighted by Crippen LogP contribution is 2.43. The summed E-state index contributed by atoms with van der Waals surface area (Å²) >= 11 is 0. The Labute approximate surface area is 137 Å². The number of phenolic OH excluding ortho intramolecular Hbond substituents is 2. The molecule has 0 bridgehead atoms. The van der Waals surface area contributed by atoms with E-state index in [1.54, 1.807) is 0 Å². The summed E-state index contributed by atoms with van der Waals surface area (Å²) in [6.45, 7) is 0. The molecule has 0 unspecified atom stereocenters. The third-order valence-electron chi connectivity index (χ3n) is 3.88. The number of phenols is 2. The molecule has 2 atom stereocenters. The lowest BCUT2D eigenvalue weighted by molar-refractivity contribution is 0.0209. The van der Waals surface area contributed by atoms with E-state index in [1.807, 2.05) is 0 Å². The Balaban J connectivity index is 2.09. The van der Waals surface area contributed by atoms with Crippen LogP contribution in [0.4, 0.5) is 0 Å². The predicted molar refractivity (Wildman–Crippen MR) is 83.0 cm³/mol. The first-order valence-corrected chi connectivity index (χ1v) is 7.13. The number of benzene rings is 2. The summed E-state index contributed by atoms with van der Waals surface area (Å²) in [5.74, 6) is -0.362. The van der Waals surface area contributed by atoms with E-state index < -0.39 is 18.0 Å². The average Bonchev–Trinajstić information content (AvgIpc) is 2.59. The number of ketones is 1. The van der Waals surface area contributed by atoms with Gasteiger partial charge in [-0.2, -0.15) is 0 Å². The fourth-order valence-corrected chi connectivity index (χ4v) is 2.63. The highest BCUT2D eigenvalue weighted by atomic mass is 16.5. The van der Waals surface area contributed by atoms with Crippen molar-refractivity contribution in [2.24, 2.45) is 0 Å². The summed E-state index contributed by atoms with van der Waals surface area (Å²) in [4.78, 5) is 12.6. The van der Waals surface area contributed by atoms with Crippen molar-refractivity contribution >= 4 is 5.78 Å². The van der Waals surface area contributed by atoms with Crippen molar-refractivity contribution in [3.63, 3.8) is 0 Å². The van der Waals surface area contributed by atoms with Crippen LogP contribution in [0.3, 0.4) is 0 Å². The van der Waals surface area contributed by atoms with Gasteiger partial charge in [-0.3, -0.25) is 4.79 Å². The topological polar surface area (TPSA) is 105 Å². The van der Waals surface area contributed by atoms with Crippen molar-refractivity contribution in [2.75, 3.05) is 14.2 Å². The molecule has 0 fully saturated rings. The average molecular weight is 332 g/mol. The van der Waals surface area contributed by atoms with E-state index >= 15 is 0 Å². The Hall–Kier alpha value is -2.93. The van der Waals surface area contributed by atoms with Crippen molar-refractivity contribution in [3.05, 3.63) is 41.5 Å². The molecule has 7 nitrogen and oxygen atoms in total. The number of aliphatic hydroxyl groups excluding tert-OH is 1. The second kappa shape index (κ2) is 5.93. The smallest absolute Gasteiger partial charge is 0.202 e. The lowest BCUT2D eigenvalue weighted by atomic mass is 9.92. The van der Waals surface area contributed by atoms with Gasteiger partial charge in [0, 0.05) is 12.1 Å². The Morgan fingerprint density at radius 2 is 1.79 bits per heavy atom. The van der Waals surface area contributed by atoms with Crippen LogP contribution in [0.2, 0.25) is 0 Å². The minimum absolute atomic E-state index is 0.130. The van der Waals surface area contributed by atoms with Crippen LogP contribution in [0.25, 0.3) is 0 Å². The molecule has 0 aliphatic carbocycles. The number of methoxy groups -OCH3 is 2. The Morgan fingerprint density at radius 1 is 1.04 bits per heavy atom. The summed E-state index contributed by atoms with van der Waals surface area (Å²) in [7, 11) is 2.87. The van der Waals surface area contributed by atoms with Gasteiger partial charge >= 0.3 is 0 Å². The molecule has 0 spiro atoms. The number of aliphatic hydroxyl groups is 1. The lowest BCUT2D eigenvalue weighted by Crippen LogP contribution is -2.36. The molecular formula is C17H16O7. The van der Waals surface area contributed by atoms with Crippen LogP contribution >= 0.6 is 0 Å². The van der Waals surface area contributed by atoms with Gasteiger partial charge in [-0.25, -0.2) is 0 Å². The van der Waals surface area contributed by atoms with E-state index in [4.69, 9.17) is 14.2 Å². The number of ether oxygens (including phenoxy) is 3. The van der Waals surface area contributed by atoms with Gasteiger partial charge in [-0.15, -0.1) is 0 Å². The van der Waals surface area contributed by atoms with Crippen molar-refractivity contribution in [2.45, 2.75) is 12.2 Å². The molecule has 7 heteroatoms. The van der Waals surface area contributed by atoms with Crippen LogP contribution in [0, 0.1) is 0 Å². The maximum absolute atomic E-state index is 12.6. The summed E-state index contributed by atoms with van der Waals surface area (Å²) in [6, 6.07) is 7.00. The molecule has 0 saturated carbocycles. The predicted octanol–water partition coefficient (Wildman–Crippen LogP) is 1.79. The minimum atomic E-state index is -1.48. The van der Waals surface area contributed by atoms with Crippen LogP contribution < -0.4 is 14.2 Å². The van der Waals surface area contributed by atoms with E-state index in [-0.39, 0.29) is 28.6 Å². The number of hydrogen-bond acceptors (Lipinski definition) is 7. The molecule has 0 saturated heterocycles. The summed E-state index contributed by atoms with van der Waals surface area (Å²) in [5.41, 5.74) is 0.476. The van der Waals surface area contributed by atoms with E-state index in [9.17, 15) is 20.1 Å². The van der Waals surface area contributed by atoms with E-state index in [0.717, 1.165) is 0 Å². The maximum atomic E-state index is 12.6. The van der Waals surface area contributed by atoms with Crippen LogP contribution in [-0.4, -0.2) is 41.4 Å². The summed E-state index contributed by atoms with van der Waals surface area (Å²) < 4.78 is 16.1. The van der Waals surface area contributed by atoms with Crippen molar-refractivity contribution in [1.82, 2.24) is 0 Å². The second-order valence-corrected chi connectivity index (χ2v) is 5.30. The van der Waals surface area contributed by atoms with E-state index in [2.05, 4.69) is 0 Å². The van der Waals surface area contributed by atoms with Gasteiger partial charge < -0.3 is 29.5 Å². The van der Waals surface area contributed by atoms with Crippen molar-refractivity contribution in [1.29, 1.82) is 0 Å². The van der Waals surface area contributed by atoms with Crippen LogP contribution in [0.1, 0.15) is 22.0 Å². The molecule has 1 aliphatic rings.